The van der Waals surface area contributed by atoms with Crippen LogP contribution in [0.1, 0.15) is 41.6 Å². The molecule has 2 rings (SSSR count). The Balaban J connectivity index is 2.08. The molecule has 2 aromatic carbocycles. The van der Waals surface area contributed by atoms with E-state index in [0.717, 1.165) is 17.5 Å². The average Bonchev–Trinajstić information content (AvgIpc) is 2.55. The van der Waals surface area contributed by atoms with E-state index in [4.69, 9.17) is 0 Å². The van der Waals surface area contributed by atoms with Gasteiger partial charge in [-0.15, -0.1) is 0 Å². The molecule has 0 aliphatic rings. The fourth-order valence-electron chi connectivity index (χ4n) is 2.71. The Morgan fingerprint density at radius 1 is 1.04 bits per heavy atom. The first-order valence-electron chi connectivity index (χ1n) is 8.36. The Morgan fingerprint density at radius 3 is 2.20 bits per heavy atom. The largest absolute Gasteiger partial charge is 0.349 e. The fourth-order valence-corrected chi connectivity index (χ4v) is 3.34. The molecule has 1 unspecified atom stereocenters. The molecule has 1 N–H and O–H groups in total. The summed E-state index contributed by atoms with van der Waals surface area (Å²) in [6, 6.07) is 12.6. The molecule has 5 heteroatoms. The average molecular weight is 359 g/mol. The lowest BCUT2D eigenvalue weighted by Gasteiger charge is -2.18. The van der Waals surface area contributed by atoms with Crippen LogP contribution >= 0.6 is 0 Å². The van der Waals surface area contributed by atoms with Crippen molar-refractivity contribution in [3.8, 4) is 0 Å². The molecule has 0 aliphatic heterocycles. The quantitative estimate of drug-likeness (QED) is 0.858. The van der Waals surface area contributed by atoms with E-state index in [9.17, 15) is 13.2 Å². The SMILES string of the molecule is CCC(NC(=O)Cc1ccc(C)c(C)c1)c1ccc(S(C)(=O)=O)cc1. The van der Waals surface area contributed by atoms with Crippen molar-refractivity contribution in [3.05, 3.63) is 64.7 Å². The molecule has 0 spiro atoms. The van der Waals surface area contributed by atoms with E-state index < -0.39 is 9.84 Å². The van der Waals surface area contributed by atoms with Crippen LogP contribution in [0, 0.1) is 13.8 Å². The van der Waals surface area contributed by atoms with E-state index in [0.29, 0.717) is 6.42 Å². The summed E-state index contributed by atoms with van der Waals surface area (Å²) in [5, 5.41) is 3.04. The van der Waals surface area contributed by atoms with Gasteiger partial charge in [-0.25, -0.2) is 8.42 Å². The zero-order valence-corrected chi connectivity index (χ0v) is 16.0. The molecular formula is C20H25NO3S. The summed E-state index contributed by atoms with van der Waals surface area (Å²) in [7, 11) is -3.21. The lowest BCUT2D eigenvalue weighted by molar-refractivity contribution is -0.121. The van der Waals surface area contributed by atoms with E-state index in [1.807, 2.05) is 39.0 Å². The highest BCUT2D eigenvalue weighted by Crippen LogP contribution is 2.19. The van der Waals surface area contributed by atoms with Crippen molar-refractivity contribution in [2.75, 3.05) is 6.26 Å². The van der Waals surface area contributed by atoms with Gasteiger partial charge in [-0.2, -0.15) is 0 Å². The maximum Gasteiger partial charge on any atom is 0.224 e. The van der Waals surface area contributed by atoms with E-state index in [2.05, 4.69) is 5.32 Å². The number of carbonyl (C=O) groups is 1. The molecule has 0 aromatic heterocycles. The van der Waals surface area contributed by atoms with Gasteiger partial charge in [0.2, 0.25) is 5.91 Å². The minimum Gasteiger partial charge on any atom is -0.349 e. The van der Waals surface area contributed by atoms with E-state index in [1.54, 1.807) is 24.3 Å². The molecule has 4 nitrogen and oxygen atoms in total. The Bertz CT molecular complexity index is 855. The molecule has 25 heavy (non-hydrogen) atoms. The summed E-state index contributed by atoms with van der Waals surface area (Å²) >= 11 is 0. The second-order valence-corrected chi connectivity index (χ2v) is 8.48. The van der Waals surface area contributed by atoms with Crippen molar-refractivity contribution in [2.45, 2.75) is 44.6 Å². The predicted octanol–water partition coefficient (Wildman–Crippen LogP) is 3.52. The van der Waals surface area contributed by atoms with Crippen LogP contribution in [-0.4, -0.2) is 20.6 Å². The highest BCUT2D eigenvalue weighted by Gasteiger charge is 2.15. The van der Waals surface area contributed by atoms with Gasteiger partial charge in [0.1, 0.15) is 0 Å². The van der Waals surface area contributed by atoms with Crippen molar-refractivity contribution >= 4 is 15.7 Å². The van der Waals surface area contributed by atoms with Crippen LogP contribution in [-0.2, 0) is 21.1 Å². The van der Waals surface area contributed by atoms with Crippen LogP contribution < -0.4 is 5.32 Å². The summed E-state index contributed by atoms with van der Waals surface area (Å²) in [5.41, 5.74) is 4.28. The third kappa shape index (κ3) is 5.16. The first-order valence-corrected chi connectivity index (χ1v) is 10.3. The third-order valence-corrected chi connectivity index (χ3v) is 5.52. The van der Waals surface area contributed by atoms with Crippen molar-refractivity contribution in [3.63, 3.8) is 0 Å². The third-order valence-electron chi connectivity index (χ3n) is 4.39. The van der Waals surface area contributed by atoms with Gasteiger partial charge in [-0.1, -0.05) is 37.3 Å². The van der Waals surface area contributed by atoms with Crippen molar-refractivity contribution < 1.29 is 13.2 Å². The number of amides is 1. The van der Waals surface area contributed by atoms with Gasteiger partial charge in [0.15, 0.2) is 9.84 Å². The first kappa shape index (κ1) is 19.2. The van der Waals surface area contributed by atoms with Crippen LogP contribution in [0.25, 0.3) is 0 Å². The monoisotopic (exact) mass is 359 g/mol. The Labute approximate surface area is 150 Å². The molecule has 2 aromatic rings. The molecule has 0 saturated heterocycles. The number of carbonyl (C=O) groups excluding carboxylic acids is 1. The lowest BCUT2D eigenvalue weighted by atomic mass is 10.0. The highest BCUT2D eigenvalue weighted by molar-refractivity contribution is 7.90. The fraction of sp³-hybridized carbons (Fsp3) is 0.350. The summed E-state index contributed by atoms with van der Waals surface area (Å²) in [6.07, 6.45) is 2.25. The minimum atomic E-state index is -3.21. The van der Waals surface area contributed by atoms with Crippen LogP contribution in [0.3, 0.4) is 0 Å². The number of nitrogens with one attached hydrogen (secondary N) is 1. The first-order chi connectivity index (χ1) is 11.7. The van der Waals surface area contributed by atoms with E-state index in [1.165, 1.54) is 17.4 Å². The molecule has 0 heterocycles. The standard InChI is InChI=1S/C20H25NO3S/c1-5-19(17-8-10-18(11-9-17)25(4,23)24)21-20(22)13-16-7-6-14(2)15(3)12-16/h6-12,19H,5,13H2,1-4H3,(H,21,22). The summed E-state index contributed by atoms with van der Waals surface area (Å²) in [4.78, 5) is 12.7. The van der Waals surface area contributed by atoms with Gasteiger partial charge in [0.05, 0.1) is 17.4 Å². The van der Waals surface area contributed by atoms with Crippen LogP contribution in [0.2, 0.25) is 0 Å². The highest BCUT2D eigenvalue weighted by atomic mass is 32.2. The molecule has 0 aliphatic carbocycles. The van der Waals surface area contributed by atoms with E-state index >= 15 is 0 Å². The van der Waals surface area contributed by atoms with E-state index in [-0.39, 0.29) is 16.8 Å². The number of rotatable bonds is 6. The molecule has 0 radical (unpaired) electrons. The van der Waals surface area contributed by atoms with Gasteiger partial charge in [-0.05, 0) is 54.7 Å². The molecule has 0 bridgehead atoms. The number of aryl methyl sites for hydroxylation is 2. The van der Waals surface area contributed by atoms with Crippen molar-refractivity contribution in [1.82, 2.24) is 5.32 Å². The summed E-state index contributed by atoms with van der Waals surface area (Å²) in [5.74, 6) is -0.0395. The lowest BCUT2D eigenvalue weighted by Crippen LogP contribution is -2.29. The Kier molecular flexibility index (Phi) is 6.01. The molecule has 134 valence electrons. The number of benzene rings is 2. The van der Waals surface area contributed by atoms with Gasteiger partial charge in [-0.3, -0.25) is 4.79 Å². The minimum absolute atomic E-state index is 0.0395. The number of hydrogen-bond acceptors (Lipinski definition) is 3. The number of hydrogen-bond donors (Lipinski definition) is 1. The topological polar surface area (TPSA) is 63.2 Å². The maximum atomic E-state index is 12.4. The van der Waals surface area contributed by atoms with Gasteiger partial charge >= 0.3 is 0 Å². The molecule has 0 saturated carbocycles. The van der Waals surface area contributed by atoms with Crippen molar-refractivity contribution in [1.29, 1.82) is 0 Å². The molecule has 0 fully saturated rings. The summed E-state index contributed by atoms with van der Waals surface area (Å²) in [6.45, 7) is 6.08. The number of sulfone groups is 1. The zero-order valence-electron chi connectivity index (χ0n) is 15.2. The van der Waals surface area contributed by atoms with Crippen LogP contribution in [0.15, 0.2) is 47.4 Å². The molecular weight excluding hydrogens is 334 g/mol. The van der Waals surface area contributed by atoms with Crippen LogP contribution in [0.4, 0.5) is 0 Å². The second kappa shape index (κ2) is 7.83. The maximum absolute atomic E-state index is 12.4. The smallest absolute Gasteiger partial charge is 0.224 e. The molecule has 1 atom stereocenters. The van der Waals surface area contributed by atoms with Gasteiger partial charge < -0.3 is 5.32 Å². The zero-order chi connectivity index (χ0) is 18.6. The van der Waals surface area contributed by atoms with Crippen LogP contribution in [0.5, 0.6) is 0 Å². The Hall–Kier alpha value is -2.14. The normalized spacial score (nSPS) is 12.6. The predicted molar refractivity (Wildman–Crippen MR) is 100 cm³/mol. The Morgan fingerprint density at radius 2 is 1.68 bits per heavy atom. The van der Waals surface area contributed by atoms with Gasteiger partial charge in [0, 0.05) is 6.26 Å². The summed E-state index contributed by atoms with van der Waals surface area (Å²) < 4.78 is 23.1. The molecule has 1 amide bonds. The second-order valence-electron chi connectivity index (χ2n) is 6.46. The van der Waals surface area contributed by atoms with Crippen molar-refractivity contribution in [2.24, 2.45) is 0 Å². The van der Waals surface area contributed by atoms with Gasteiger partial charge in [0.25, 0.3) is 0 Å².